The number of amides is 2. The first-order valence-corrected chi connectivity index (χ1v) is 16.8. The van der Waals surface area contributed by atoms with Crippen LogP contribution in [0.2, 0.25) is 5.02 Å². The van der Waals surface area contributed by atoms with Gasteiger partial charge in [0.2, 0.25) is 11.8 Å². The number of carbonyl (C=O) groups is 2. The van der Waals surface area contributed by atoms with E-state index in [9.17, 15) is 18.0 Å². The monoisotopic (exact) mass is 729 g/mol. The SMILES string of the molecule is CCCNC(=O)C(Cc1ccccc1)N(Cc1cccc(Cl)c1)C(=O)CN(c1ccc(I)cc1)S(=O)(=O)c1ccccc1. The number of hydrogen-bond donors (Lipinski definition) is 1. The Bertz CT molecular complexity index is 1620. The second-order valence-corrected chi connectivity index (χ2v) is 13.5. The Morgan fingerprint density at radius 3 is 2.12 bits per heavy atom. The number of benzene rings is 4. The fourth-order valence-corrected chi connectivity index (χ4v) is 6.62. The molecule has 224 valence electrons. The number of rotatable bonds is 13. The van der Waals surface area contributed by atoms with Crippen LogP contribution in [0.4, 0.5) is 5.69 Å². The molecule has 0 radical (unpaired) electrons. The third kappa shape index (κ3) is 8.81. The van der Waals surface area contributed by atoms with Crippen LogP contribution >= 0.6 is 34.2 Å². The summed E-state index contributed by atoms with van der Waals surface area (Å²) in [5.74, 6) is -0.835. The van der Waals surface area contributed by atoms with Crippen molar-refractivity contribution in [2.75, 3.05) is 17.4 Å². The second-order valence-electron chi connectivity index (χ2n) is 9.95. The zero-order chi connectivity index (χ0) is 30.8. The van der Waals surface area contributed by atoms with Gasteiger partial charge in [-0.1, -0.05) is 79.2 Å². The summed E-state index contributed by atoms with van der Waals surface area (Å²) in [6.45, 7) is 1.95. The molecule has 0 heterocycles. The van der Waals surface area contributed by atoms with Crippen LogP contribution < -0.4 is 9.62 Å². The van der Waals surface area contributed by atoms with E-state index in [1.807, 2.05) is 43.3 Å². The molecule has 4 aromatic rings. The van der Waals surface area contributed by atoms with Gasteiger partial charge in [0.1, 0.15) is 12.6 Å². The highest BCUT2D eigenvalue weighted by Crippen LogP contribution is 2.26. The minimum Gasteiger partial charge on any atom is -0.354 e. The number of hydrogen-bond acceptors (Lipinski definition) is 4. The van der Waals surface area contributed by atoms with E-state index in [1.165, 1.54) is 17.0 Å². The largest absolute Gasteiger partial charge is 0.354 e. The van der Waals surface area contributed by atoms with E-state index in [0.717, 1.165) is 19.9 Å². The van der Waals surface area contributed by atoms with E-state index in [1.54, 1.807) is 60.7 Å². The number of nitrogens with one attached hydrogen (secondary N) is 1. The van der Waals surface area contributed by atoms with Gasteiger partial charge in [-0.2, -0.15) is 0 Å². The van der Waals surface area contributed by atoms with Crippen molar-refractivity contribution in [3.63, 3.8) is 0 Å². The second kappa shape index (κ2) is 15.4. The maximum Gasteiger partial charge on any atom is 0.264 e. The number of nitrogens with zero attached hydrogens (tertiary/aromatic N) is 2. The number of halogens is 2. The number of anilines is 1. The molecule has 1 N–H and O–H groups in total. The van der Waals surface area contributed by atoms with Crippen molar-refractivity contribution < 1.29 is 18.0 Å². The van der Waals surface area contributed by atoms with Crippen molar-refractivity contribution in [3.05, 3.63) is 129 Å². The van der Waals surface area contributed by atoms with Gasteiger partial charge in [-0.25, -0.2) is 8.42 Å². The Balaban J connectivity index is 1.78. The van der Waals surface area contributed by atoms with E-state index in [2.05, 4.69) is 27.9 Å². The maximum atomic E-state index is 14.4. The first-order chi connectivity index (χ1) is 20.7. The molecule has 0 aliphatic carbocycles. The van der Waals surface area contributed by atoms with Crippen LogP contribution in [0.25, 0.3) is 0 Å². The minimum absolute atomic E-state index is 0.0579. The number of carbonyl (C=O) groups excluding carboxylic acids is 2. The Kier molecular flexibility index (Phi) is 11.6. The Morgan fingerprint density at radius 2 is 1.49 bits per heavy atom. The first-order valence-electron chi connectivity index (χ1n) is 13.9. The lowest BCUT2D eigenvalue weighted by Crippen LogP contribution is -2.53. The molecule has 7 nitrogen and oxygen atoms in total. The lowest BCUT2D eigenvalue weighted by Gasteiger charge is -2.34. The van der Waals surface area contributed by atoms with Gasteiger partial charge in [0.05, 0.1) is 10.6 Å². The predicted molar refractivity (Wildman–Crippen MR) is 179 cm³/mol. The van der Waals surface area contributed by atoms with E-state index >= 15 is 0 Å². The van der Waals surface area contributed by atoms with Gasteiger partial charge >= 0.3 is 0 Å². The summed E-state index contributed by atoms with van der Waals surface area (Å²) in [6, 6.07) is 30.6. The third-order valence-electron chi connectivity index (χ3n) is 6.79. The summed E-state index contributed by atoms with van der Waals surface area (Å²) in [5, 5.41) is 3.43. The van der Waals surface area contributed by atoms with Gasteiger partial charge < -0.3 is 10.2 Å². The van der Waals surface area contributed by atoms with Crippen LogP contribution in [-0.2, 0) is 32.6 Å². The summed E-state index contributed by atoms with van der Waals surface area (Å²) in [4.78, 5) is 29.6. The fourth-order valence-electron chi connectivity index (χ4n) is 4.61. The first kappa shape index (κ1) is 32.5. The molecule has 4 aromatic carbocycles. The fraction of sp³-hybridized carbons (Fsp3) is 0.212. The summed E-state index contributed by atoms with van der Waals surface area (Å²) >= 11 is 8.42. The molecule has 2 amide bonds. The Hall–Kier alpha value is -3.41. The van der Waals surface area contributed by atoms with E-state index in [4.69, 9.17) is 11.6 Å². The van der Waals surface area contributed by atoms with Crippen molar-refractivity contribution in [1.29, 1.82) is 0 Å². The molecular formula is C33H33ClIN3O4S. The van der Waals surface area contributed by atoms with Crippen LogP contribution in [0.3, 0.4) is 0 Å². The van der Waals surface area contributed by atoms with Crippen LogP contribution in [0.15, 0.2) is 114 Å². The van der Waals surface area contributed by atoms with E-state index < -0.39 is 28.5 Å². The van der Waals surface area contributed by atoms with Crippen LogP contribution in [0.5, 0.6) is 0 Å². The zero-order valence-corrected chi connectivity index (χ0v) is 27.4. The van der Waals surface area contributed by atoms with Gasteiger partial charge in [0.25, 0.3) is 10.0 Å². The van der Waals surface area contributed by atoms with Crippen molar-refractivity contribution in [3.8, 4) is 0 Å². The molecule has 1 atom stereocenters. The normalized spacial score (nSPS) is 11.9. The molecule has 0 aromatic heterocycles. The molecule has 0 aliphatic heterocycles. The molecule has 0 saturated heterocycles. The average Bonchev–Trinajstić information content (AvgIpc) is 3.01. The molecule has 1 unspecified atom stereocenters. The highest BCUT2D eigenvalue weighted by atomic mass is 127. The minimum atomic E-state index is -4.13. The van der Waals surface area contributed by atoms with Gasteiger partial charge in [-0.3, -0.25) is 13.9 Å². The van der Waals surface area contributed by atoms with Crippen LogP contribution in [0.1, 0.15) is 24.5 Å². The van der Waals surface area contributed by atoms with Crippen LogP contribution in [0, 0.1) is 3.57 Å². The van der Waals surface area contributed by atoms with Gasteiger partial charge in [0.15, 0.2) is 0 Å². The van der Waals surface area contributed by atoms with Crippen LogP contribution in [-0.4, -0.2) is 44.3 Å². The summed E-state index contributed by atoms with van der Waals surface area (Å²) in [7, 11) is -4.13. The van der Waals surface area contributed by atoms with Gasteiger partial charge in [0, 0.05) is 28.1 Å². The summed E-state index contributed by atoms with van der Waals surface area (Å²) < 4.78 is 30.0. The molecule has 0 aliphatic rings. The smallest absolute Gasteiger partial charge is 0.264 e. The summed E-state index contributed by atoms with van der Waals surface area (Å²) in [5.41, 5.74) is 1.93. The molecule has 0 fully saturated rings. The standard InChI is InChI=1S/C33H33ClIN3O4S/c1-2-20-36-33(40)31(22-25-10-5-3-6-11-25)37(23-26-12-9-13-27(34)21-26)32(39)24-38(29-18-16-28(35)17-19-29)43(41,42)30-14-7-4-8-15-30/h3-19,21,31H,2,20,22-24H2,1H3,(H,36,40). The molecule has 10 heteroatoms. The highest BCUT2D eigenvalue weighted by Gasteiger charge is 2.34. The van der Waals surface area contributed by atoms with E-state index in [-0.39, 0.29) is 23.8 Å². The lowest BCUT2D eigenvalue weighted by molar-refractivity contribution is -0.140. The topological polar surface area (TPSA) is 86.8 Å². The highest BCUT2D eigenvalue weighted by molar-refractivity contribution is 14.1. The third-order valence-corrected chi connectivity index (χ3v) is 9.53. The molecular weight excluding hydrogens is 697 g/mol. The predicted octanol–water partition coefficient (Wildman–Crippen LogP) is 6.31. The summed E-state index contributed by atoms with van der Waals surface area (Å²) in [6.07, 6.45) is 0.972. The lowest BCUT2D eigenvalue weighted by atomic mass is 10.0. The molecule has 43 heavy (non-hydrogen) atoms. The van der Waals surface area contributed by atoms with Gasteiger partial charge in [-0.15, -0.1) is 0 Å². The van der Waals surface area contributed by atoms with Crippen molar-refractivity contribution in [2.45, 2.75) is 37.2 Å². The van der Waals surface area contributed by atoms with Crippen molar-refractivity contribution in [1.82, 2.24) is 10.2 Å². The average molecular weight is 730 g/mol. The number of sulfonamides is 1. The van der Waals surface area contributed by atoms with E-state index in [0.29, 0.717) is 22.8 Å². The van der Waals surface area contributed by atoms with Gasteiger partial charge in [-0.05, 0) is 88.7 Å². The molecule has 0 saturated carbocycles. The van der Waals surface area contributed by atoms with Crippen molar-refractivity contribution in [2.24, 2.45) is 0 Å². The Morgan fingerprint density at radius 1 is 0.860 bits per heavy atom. The maximum absolute atomic E-state index is 14.4. The Labute approximate surface area is 272 Å². The van der Waals surface area contributed by atoms with Crippen molar-refractivity contribution >= 4 is 61.7 Å². The molecule has 0 bridgehead atoms. The quantitative estimate of drug-likeness (QED) is 0.164. The molecule has 4 rings (SSSR count). The zero-order valence-electron chi connectivity index (χ0n) is 23.7. The molecule has 0 spiro atoms.